The van der Waals surface area contributed by atoms with E-state index in [1.807, 2.05) is 0 Å². The Morgan fingerprint density at radius 3 is 2.53 bits per heavy atom. The number of halogens is 3. The van der Waals surface area contributed by atoms with Crippen molar-refractivity contribution in [3.05, 3.63) is 59.4 Å². The van der Waals surface area contributed by atoms with Gasteiger partial charge in [0.25, 0.3) is 0 Å². The molecule has 11 nitrogen and oxygen atoms in total. The van der Waals surface area contributed by atoms with Crippen LogP contribution < -0.4 is 15.0 Å². The number of aromatic nitrogens is 6. The van der Waals surface area contributed by atoms with Crippen molar-refractivity contribution < 1.29 is 28.1 Å². The molecule has 4 aromatic rings. The lowest BCUT2D eigenvalue weighted by Crippen LogP contribution is -2.28. The number of alkyl halides is 3. The summed E-state index contributed by atoms with van der Waals surface area (Å²) >= 11 is 0. The molecule has 4 heterocycles. The third-order valence-electron chi connectivity index (χ3n) is 7.34. The number of terminal acetylenes is 1. The summed E-state index contributed by atoms with van der Waals surface area (Å²) in [6.07, 6.45) is 5.43. The third-order valence-corrected chi connectivity index (χ3v) is 7.34. The topological polar surface area (TPSA) is 134 Å². The van der Waals surface area contributed by atoms with Crippen LogP contribution in [0.2, 0.25) is 0 Å². The Balaban J connectivity index is 1.39. The molecule has 1 aromatic carbocycles. The quantitative estimate of drug-likeness (QED) is 0.206. The molecule has 0 atom stereocenters. The van der Waals surface area contributed by atoms with Crippen LogP contribution in [0.5, 0.6) is 5.88 Å². The van der Waals surface area contributed by atoms with Crippen molar-refractivity contribution >= 4 is 11.5 Å². The number of aryl methyl sites for hydroxylation is 1. The number of nitrogens with zero attached hydrogens (tertiary/aromatic N) is 7. The van der Waals surface area contributed by atoms with Crippen LogP contribution in [-0.2, 0) is 25.6 Å². The van der Waals surface area contributed by atoms with Gasteiger partial charge in [0.15, 0.2) is 17.3 Å². The highest BCUT2D eigenvalue weighted by Crippen LogP contribution is 2.47. The normalized spacial score (nSPS) is 15.5. The van der Waals surface area contributed by atoms with E-state index in [9.17, 15) is 23.4 Å². The maximum atomic E-state index is 13.2. The van der Waals surface area contributed by atoms with Gasteiger partial charge in [-0.2, -0.15) is 13.2 Å². The van der Waals surface area contributed by atoms with E-state index in [-0.39, 0.29) is 48.8 Å². The molecule has 2 aliphatic rings. The first-order chi connectivity index (χ1) is 20.5. The fourth-order valence-corrected chi connectivity index (χ4v) is 5.12. The second-order valence-electron chi connectivity index (χ2n) is 10.5. The SMILES string of the molecule is C#CCN(Cc1ccc(-c2nc(C(F)(F)F)cn2C)cc1)c1nc(-c2c(OC)ncnc2C2CC2)nc2c1NCC2(O)O. The predicted octanol–water partition coefficient (Wildman–Crippen LogP) is 3.44. The number of rotatable bonds is 8. The molecule has 0 saturated heterocycles. The molecule has 0 radical (unpaired) electrons. The standard InChI is InChI=1S/C29H27F3N8O3/c1-4-11-40(12-16-5-7-18(8-6-16)25-36-19(13-39(25)2)29(30,31)32)26-22-23(28(41,42)14-33-22)37-24(38-26)20-21(17-9-10-17)34-15-35-27(20)43-3/h1,5-8,13,15,17,33,41-42H,9-12,14H2,2-3H3. The van der Waals surface area contributed by atoms with Crippen molar-refractivity contribution in [3.8, 4) is 41.0 Å². The van der Waals surface area contributed by atoms with Crippen molar-refractivity contribution in [2.45, 2.75) is 37.3 Å². The van der Waals surface area contributed by atoms with Crippen LogP contribution in [0.15, 0.2) is 36.8 Å². The summed E-state index contributed by atoms with van der Waals surface area (Å²) < 4.78 is 46.3. The van der Waals surface area contributed by atoms with Gasteiger partial charge >= 0.3 is 6.18 Å². The van der Waals surface area contributed by atoms with Gasteiger partial charge in [0.2, 0.25) is 11.7 Å². The van der Waals surface area contributed by atoms with Gasteiger partial charge in [0.1, 0.15) is 29.1 Å². The molecule has 0 unspecified atom stereocenters. The molecule has 0 bridgehead atoms. The van der Waals surface area contributed by atoms with Gasteiger partial charge in [-0.25, -0.2) is 24.9 Å². The number of methoxy groups -OCH3 is 1. The molecule has 1 aliphatic heterocycles. The van der Waals surface area contributed by atoms with Crippen LogP contribution in [0.1, 0.15) is 41.4 Å². The highest BCUT2D eigenvalue weighted by molar-refractivity contribution is 5.77. The Hall–Kier alpha value is -4.74. The summed E-state index contributed by atoms with van der Waals surface area (Å²) in [6, 6.07) is 6.89. The van der Waals surface area contributed by atoms with Gasteiger partial charge in [-0.05, 0) is 18.4 Å². The summed E-state index contributed by atoms with van der Waals surface area (Å²) in [6.45, 7) is 0.126. The fraction of sp³-hybridized carbons (Fsp3) is 0.345. The van der Waals surface area contributed by atoms with Crippen LogP contribution in [0.3, 0.4) is 0 Å². The number of aliphatic hydroxyl groups is 2. The molecule has 222 valence electrons. The summed E-state index contributed by atoms with van der Waals surface area (Å²) in [7, 11) is 2.98. The molecular formula is C29H27F3N8O3. The zero-order valence-corrected chi connectivity index (χ0v) is 23.2. The smallest absolute Gasteiger partial charge is 0.434 e. The number of fused-ring (bicyclic) bond motifs is 1. The molecule has 0 spiro atoms. The van der Waals surface area contributed by atoms with E-state index in [0.29, 0.717) is 28.3 Å². The molecule has 43 heavy (non-hydrogen) atoms. The first kappa shape index (κ1) is 28.4. The van der Waals surface area contributed by atoms with Crippen molar-refractivity contribution in [2.75, 3.05) is 30.4 Å². The van der Waals surface area contributed by atoms with E-state index >= 15 is 0 Å². The van der Waals surface area contributed by atoms with E-state index in [1.54, 1.807) is 29.2 Å². The Kier molecular flexibility index (Phi) is 6.94. The second kappa shape index (κ2) is 10.5. The first-order valence-corrected chi connectivity index (χ1v) is 13.4. The number of nitrogens with one attached hydrogen (secondary N) is 1. The first-order valence-electron chi connectivity index (χ1n) is 13.4. The zero-order valence-electron chi connectivity index (χ0n) is 23.2. The Morgan fingerprint density at radius 2 is 1.91 bits per heavy atom. The maximum absolute atomic E-state index is 13.2. The summed E-state index contributed by atoms with van der Waals surface area (Å²) in [5, 5.41) is 24.5. The highest BCUT2D eigenvalue weighted by Gasteiger charge is 2.41. The zero-order chi connectivity index (χ0) is 30.5. The van der Waals surface area contributed by atoms with Crippen LogP contribution in [0, 0.1) is 12.3 Å². The van der Waals surface area contributed by atoms with Gasteiger partial charge < -0.3 is 29.7 Å². The number of benzene rings is 1. The molecule has 1 saturated carbocycles. The predicted molar refractivity (Wildman–Crippen MR) is 150 cm³/mol. The summed E-state index contributed by atoms with van der Waals surface area (Å²) in [5.74, 6) is 1.47. The van der Waals surface area contributed by atoms with Crippen molar-refractivity contribution in [2.24, 2.45) is 7.05 Å². The lowest BCUT2D eigenvalue weighted by Gasteiger charge is -2.25. The van der Waals surface area contributed by atoms with Gasteiger partial charge in [0.05, 0.1) is 25.9 Å². The summed E-state index contributed by atoms with van der Waals surface area (Å²) in [5.41, 5.74) is 1.79. The third kappa shape index (κ3) is 5.33. The molecule has 0 amide bonds. The van der Waals surface area contributed by atoms with E-state index < -0.39 is 17.7 Å². The fourth-order valence-electron chi connectivity index (χ4n) is 5.12. The maximum Gasteiger partial charge on any atom is 0.434 e. The Labute approximate surface area is 244 Å². The average molecular weight is 593 g/mol. The molecule has 6 rings (SSSR count). The van der Waals surface area contributed by atoms with Crippen LogP contribution in [0.25, 0.3) is 22.8 Å². The lowest BCUT2D eigenvalue weighted by molar-refractivity contribution is -0.154. The molecule has 1 aliphatic carbocycles. The van der Waals surface area contributed by atoms with Crippen molar-refractivity contribution in [1.82, 2.24) is 29.5 Å². The van der Waals surface area contributed by atoms with E-state index in [2.05, 4.69) is 31.2 Å². The van der Waals surface area contributed by atoms with E-state index in [4.69, 9.17) is 16.1 Å². The van der Waals surface area contributed by atoms with Gasteiger partial charge in [-0.3, -0.25) is 0 Å². The number of anilines is 2. The number of β-amino-alcohol motifs (C(OH)–C–C–N with tert-alkyl or cyclic N) is 2. The van der Waals surface area contributed by atoms with Crippen LogP contribution in [0.4, 0.5) is 24.7 Å². The van der Waals surface area contributed by atoms with Gasteiger partial charge in [-0.1, -0.05) is 30.2 Å². The number of hydrogen-bond acceptors (Lipinski definition) is 10. The highest BCUT2D eigenvalue weighted by atomic mass is 19.4. The van der Waals surface area contributed by atoms with Crippen LogP contribution >= 0.6 is 0 Å². The number of imidazole rings is 1. The number of ether oxygens (including phenoxy) is 1. The minimum absolute atomic E-state index is 0.0206. The van der Waals surface area contributed by atoms with E-state index in [0.717, 1.165) is 24.6 Å². The molecule has 3 aromatic heterocycles. The average Bonchev–Trinajstić information content (AvgIpc) is 3.68. The van der Waals surface area contributed by atoms with Gasteiger partial charge in [-0.15, -0.1) is 6.42 Å². The number of hydrogen-bond donors (Lipinski definition) is 3. The largest absolute Gasteiger partial charge is 0.480 e. The molecule has 3 N–H and O–H groups in total. The molecule has 14 heteroatoms. The summed E-state index contributed by atoms with van der Waals surface area (Å²) in [4.78, 5) is 23.6. The Morgan fingerprint density at radius 1 is 1.16 bits per heavy atom. The molecular weight excluding hydrogens is 565 g/mol. The molecule has 1 fully saturated rings. The minimum Gasteiger partial charge on any atom is -0.480 e. The second-order valence-corrected chi connectivity index (χ2v) is 10.5. The van der Waals surface area contributed by atoms with Crippen molar-refractivity contribution in [1.29, 1.82) is 0 Å². The monoisotopic (exact) mass is 592 g/mol. The van der Waals surface area contributed by atoms with Crippen LogP contribution in [-0.4, -0.2) is 59.9 Å². The van der Waals surface area contributed by atoms with Gasteiger partial charge in [0, 0.05) is 31.3 Å². The Bertz CT molecular complexity index is 1730. The van der Waals surface area contributed by atoms with E-state index in [1.165, 1.54) is 25.1 Å². The van der Waals surface area contributed by atoms with Crippen molar-refractivity contribution in [3.63, 3.8) is 0 Å². The lowest BCUT2D eigenvalue weighted by atomic mass is 10.1. The minimum atomic E-state index is -4.55.